The second-order valence-corrected chi connectivity index (χ2v) is 5.23. The summed E-state index contributed by atoms with van der Waals surface area (Å²) in [5.41, 5.74) is 3.50. The second-order valence-electron chi connectivity index (χ2n) is 5.23. The Hall–Kier alpha value is -1.88. The van der Waals surface area contributed by atoms with Crippen LogP contribution >= 0.6 is 0 Å². The van der Waals surface area contributed by atoms with Gasteiger partial charge in [-0.25, -0.2) is 10.8 Å². The summed E-state index contributed by atoms with van der Waals surface area (Å²) < 4.78 is 0. The number of fused-ring (bicyclic) bond motifs is 1. The molecule has 1 aromatic carbocycles. The minimum Gasteiger partial charge on any atom is -0.356 e. The van der Waals surface area contributed by atoms with E-state index in [1.54, 1.807) is 0 Å². The molecule has 114 valence electrons. The highest BCUT2D eigenvalue weighted by Gasteiger charge is 2.13. The molecule has 1 aromatic heterocycles. The fourth-order valence-corrected chi connectivity index (χ4v) is 2.39. The summed E-state index contributed by atoms with van der Waals surface area (Å²) in [5.74, 6) is 6.97. The van der Waals surface area contributed by atoms with Crippen LogP contribution in [0.1, 0.15) is 39.5 Å². The van der Waals surface area contributed by atoms with Crippen molar-refractivity contribution in [3.63, 3.8) is 0 Å². The molecule has 0 aliphatic carbocycles. The minimum atomic E-state index is 0.474. The van der Waals surface area contributed by atoms with Gasteiger partial charge in [-0.15, -0.1) is 0 Å². The highest BCUT2D eigenvalue weighted by molar-refractivity contribution is 5.90. The number of nitrogens with zero attached hydrogens (tertiary/aromatic N) is 3. The van der Waals surface area contributed by atoms with Crippen LogP contribution < -0.4 is 16.2 Å². The molecule has 0 radical (unpaired) electrons. The first-order valence-corrected chi connectivity index (χ1v) is 7.78. The van der Waals surface area contributed by atoms with E-state index in [9.17, 15) is 0 Å². The van der Waals surface area contributed by atoms with Crippen molar-refractivity contribution in [1.82, 2.24) is 9.97 Å². The topological polar surface area (TPSA) is 67.1 Å². The molecular formula is C16H25N5. The van der Waals surface area contributed by atoms with Crippen LogP contribution in [0.3, 0.4) is 0 Å². The third kappa shape index (κ3) is 3.82. The molecule has 0 bridgehead atoms. The predicted molar refractivity (Wildman–Crippen MR) is 89.4 cm³/mol. The van der Waals surface area contributed by atoms with Crippen LogP contribution in [0.15, 0.2) is 24.3 Å². The van der Waals surface area contributed by atoms with Gasteiger partial charge in [0.05, 0.1) is 5.52 Å². The molecule has 0 aliphatic rings. The molecule has 3 N–H and O–H groups in total. The summed E-state index contributed by atoms with van der Waals surface area (Å²) in [6, 6.07) is 8.10. The van der Waals surface area contributed by atoms with Crippen molar-refractivity contribution in [2.24, 2.45) is 5.84 Å². The molecule has 0 spiro atoms. The Morgan fingerprint density at radius 1 is 1.05 bits per heavy atom. The van der Waals surface area contributed by atoms with Crippen molar-refractivity contribution < 1.29 is 0 Å². The Labute approximate surface area is 126 Å². The fraction of sp³-hybridized carbons (Fsp3) is 0.500. The lowest BCUT2D eigenvalue weighted by Crippen LogP contribution is -2.27. The Kier molecular flexibility index (Phi) is 5.75. The number of unbranched alkanes of at least 4 members (excludes halogenated alkanes) is 2. The average Bonchev–Trinajstić information content (AvgIpc) is 2.54. The summed E-state index contributed by atoms with van der Waals surface area (Å²) >= 11 is 0. The number of nitrogens with one attached hydrogen (secondary N) is 1. The molecule has 1 heterocycles. The summed E-state index contributed by atoms with van der Waals surface area (Å²) in [5, 5.41) is 1.09. The minimum absolute atomic E-state index is 0.474. The van der Waals surface area contributed by atoms with Crippen LogP contribution in [0.2, 0.25) is 0 Å². The Balaban J connectivity index is 2.43. The van der Waals surface area contributed by atoms with Gasteiger partial charge in [-0.05, 0) is 25.0 Å². The van der Waals surface area contributed by atoms with Crippen molar-refractivity contribution in [2.75, 3.05) is 23.4 Å². The first-order chi connectivity index (χ1) is 10.3. The van der Waals surface area contributed by atoms with Gasteiger partial charge in [0.25, 0.3) is 0 Å². The first-order valence-electron chi connectivity index (χ1n) is 7.78. The molecular weight excluding hydrogens is 262 g/mol. The monoisotopic (exact) mass is 287 g/mol. The Morgan fingerprint density at radius 3 is 2.33 bits per heavy atom. The molecule has 5 heteroatoms. The molecule has 2 rings (SSSR count). The number of hydrazine groups is 1. The largest absolute Gasteiger partial charge is 0.356 e. The van der Waals surface area contributed by atoms with Gasteiger partial charge in [0, 0.05) is 18.5 Å². The van der Waals surface area contributed by atoms with E-state index in [1.807, 2.05) is 18.2 Å². The number of rotatable bonds is 8. The molecule has 21 heavy (non-hydrogen) atoms. The van der Waals surface area contributed by atoms with Crippen LogP contribution in [0.4, 0.5) is 11.8 Å². The van der Waals surface area contributed by atoms with Gasteiger partial charge >= 0.3 is 0 Å². The molecule has 0 unspecified atom stereocenters. The van der Waals surface area contributed by atoms with Gasteiger partial charge in [-0.3, -0.25) is 5.43 Å². The van der Waals surface area contributed by atoms with E-state index >= 15 is 0 Å². The summed E-state index contributed by atoms with van der Waals surface area (Å²) in [6.07, 6.45) is 4.67. The second kappa shape index (κ2) is 7.78. The van der Waals surface area contributed by atoms with E-state index in [1.165, 1.54) is 12.8 Å². The van der Waals surface area contributed by atoms with Crippen LogP contribution in [-0.2, 0) is 0 Å². The number of nitrogens with two attached hydrogens (primary N) is 1. The van der Waals surface area contributed by atoms with Crippen molar-refractivity contribution in [2.45, 2.75) is 39.5 Å². The molecule has 0 saturated carbocycles. The smallest absolute Gasteiger partial charge is 0.239 e. The number of anilines is 2. The quantitative estimate of drug-likeness (QED) is 0.576. The SMILES string of the molecule is CCCCN(CCCC)c1nc(NN)nc2ccccc12. The highest BCUT2D eigenvalue weighted by atomic mass is 15.3. The lowest BCUT2D eigenvalue weighted by atomic mass is 10.2. The van der Waals surface area contributed by atoms with Gasteiger partial charge in [0.15, 0.2) is 0 Å². The zero-order valence-corrected chi connectivity index (χ0v) is 13.0. The predicted octanol–water partition coefficient (Wildman–Crippen LogP) is 3.32. The first kappa shape index (κ1) is 15.5. The van der Waals surface area contributed by atoms with Crippen LogP contribution in [0.5, 0.6) is 0 Å². The highest BCUT2D eigenvalue weighted by Crippen LogP contribution is 2.25. The molecule has 0 atom stereocenters. The van der Waals surface area contributed by atoms with Crippen molar-refractivity contribution in [1.29, 1.82) is 0 Å². The summed E-state index contributed by atoms with van der Waals surface area (Å²) in [6.45, 7) is 6.45. The third-order valence-corrected chi connectivity index (χ3v) is 3.57. The third-order valence-electron chi connectivity index (χ3n) is 3.57. The maximum atomic E-state index is 5.52. The zero-order valence-electron chi connectivity index (χ0n) is 13.0. The van der Waals surface area contributed by atoms with Crippen molar-refractivity contribution in [3.05, 3.63) is 24.3 Å². The van der Waals surface area contributed by atoms with Gasteiger partial charge < -0.3 is 4.90 Å². The van der Waals surface area contributed by atoms with E-state index in [2.05, 4.69) is 40.2 Å². The van der Waals surface area contributed by atoms with Crippen LogP contribution in [0, 0.1) is 0 Å². The number of para-hydroxylation sites is 1. The normalized spacial score (nSPS) is 10.8. The lowest BCUT2D eigenvalue weighted by Gasteiger charge is -2.25. The zero-order chi connectivity index (χ0) is 15.1. The van der Waals surface area contributed by atoms with E-state index in [4.69, 9.17) is 5.84 Å². The number of nitrogen functional groups attached to an aromatic ring is 1. The molecule has 0 aliphatic heterocycles. The maximum Gasteiger partial charge on any atom is 0.239 e. The van der Waals surface area contributed by atoms with Gasteiger partial charge in [0.2, 0.25) is 5.95 Å². The molecule has 0 saturated heterocycles. The number of aromatic nitrogens is 2. The van der Waals surface area contributed by atoms with Gasteiger partial charge in [-0.1, -0.05) is 38.8 Å². The van der Waals surface area contributed by atoms with Gasteiger partial charge in [0.1, 0.15) is 5.82 Å². The van der Waals surface area contributed by atoms with Crippen LogP contribution in [0.25, 0.3) is 10.9 Å². The van der Waals surface area contributed by atoms with E-state index < -0.39 is 0 Å². The van der Waals surface area contributed by atoms with E-state index in [0.29, 0.717) is 5.95 Å². The van der Waals surface area contributed by atoms with Crippen LogP contribution in [-0.4, -0.2) is 23.1 Å². The van der Waals surface area contributed by atoms with Crippen molar-refractivity contribution in [3.8, 4) is 0 Å². The van der Waals surface area contributed by atoms with Crippen molar-refractivity contribution >= 4 is 22.7 Å². The summed E-state index contributed by atoms with van der Waals surface area (Å²) in [7, 11) is 0. The summed E-state index contributed by atoms with van der Waals surface area (Å²) in [4.78, 5) is 11.4. The standard InChI is InChI=1S/C16H25N5/c1-3-5-11-21(12-6-4-2)15-13-9-7-8-10-14(13)18-16(19-15)20-17/h7-10H,3-6,11-12,17H2,1-2H3,(H,18,19,20). The molecule has 2 aromatic rings. The molecule has 0 fully saturated rings. The number of hydrogen-bond donors (Lipinski definition) is 2. The van der Waals surface area contributed by atoms with E-state index in [-0.39, 0.29) is 0 Å². The Morgan fingerprint density at radius 2 is 1.71 bits per heavy atom. The molecule has 5 nitrogen and oxygen atoms in total. The number of benzene rings is 1. The fourth-order valence-electron chi connectivity index (χ4n) is 2.39. The Bertz CT molecular complexity index is 562. The number of hydrogen-bond acceptors (Lipinski definition) is 5. The van der Waals surface area contributed by atoms with Gasteiger partial charge in [-0.2, -0.15) is 4.98 Å². The average molecular weight is 287 g/mol. The lowest BCUT2D eigenvalue weighted by molar-refractivity contribution is 0.673. The maximum absolute atomic E-state index is 5.52. The van der Waals surface area contributed by atoms with E-state index in [0.717, 1.165) is 42.7 Å². The molecule has 0 amide bonds.